The lowest BCUT2D eigenvalue weighted by molar-refractivity contribution is -0.148. The van der Waals surface area contributed by atoms with Crippen LogP contribution >= 0.6 is 11.6 Å². The standard InChI is InChI=1S/C25H23ClF4N6O4S2/c1-15(2)41(37,38)17-6-8-18(9-7-17)42(39,40)36-20-5-3-4-19(26)22(20)23(33-36)35-11-10-34(14-21(35)25(28,29)30)24-31-12-16(27)13-32-24/h3-9,12-13,15,21H,10-11,14H2,1-2H3/t21-/m1/s1. The van der Waals surface area contributed by atoms with Crippen LogP contribution in [0.4, 0.5) is 29.3 Å². The summed E-state index contributed by atoms with van der Waals surface area (Å²) >= 11 is 6.40. The van der Waals surface area contributed by atoms with Crippen LogP contribution in [0.2, 0.25) is 5.02 Å². The summed E-state index contributed by atoms with van der Waals surface area (Å²) in [6.07, 6.45) is -3.10. The molecule has 10 nitrogen and oxygen atoms in total. The molecular weight excluding hydrogens is 624 g/mol. The normalized spacial score (nSPS) is 16.9. The number of hydrogen-bond donors (Lipinski definition) is 0. The molecule has 2 aromatic carbocycles. The zero-order chi connectivity index (χ0) is 30.6. The largest absolute Gasteiger partial charge is 0.410 e. The van der Waals surface area contributed by atoms with Crippen LogP contribution in [0.25, 0.3) is 10.9 Å². The van der Waals surface area contributed by atoms with Crippen LogP contribution < -0.4 is 9.80 Å². The van der Waals surface area contributed by atoms with Crippen molar-refractivity contribution in [1.29, 1.82) is 0 Å². The number of piperazine rings is 1. The topological polar surface area (TPSA) is 118 Å². The van der Waals surface area contributed by atoms with Crippen LogP contribution in [0, 0.1) is 5.82 Å². The molecule has 1 fully saturated rings. The molecule has 1 aliphatic rings. The van der Waals surface area contributed by atoms with Gasteiger partial charge in [-0.2, -0.15) is 25.7 Å². The van der Waals surface area contributed by atoms with Crippen LogP contribution in [0.5, 0.6) is 0 Å². The van der Waals surface area contributed by atoms with Crippen molar-refractivity contribution in [1.82, 2.24) is 19.2 Å². The number of nitrogens with zero attached hydrogens (tertiary/aromatic N) is 6. The molecule has 17 heteroatoms. The molecule has 0 radical (unpaired) electrons. The average molecular weight is 647 g/mol. The Morgan fingerprint density at radius 3 is 2.17 bits per heavy atom. The Hall–Kier alpha value is -3.50. The minimum atomic E-state index is -4.80. The van der Waals surface area contributed by atoms with E-state index in [0.717, 1.165) is 41.6 Å². The van der Waals surface area contributed by atoms with E-state index in [1.165, 1.54) is 36.9 Å². The summed E-state index contributed by atoms with van der Waals surface area (Å²) in [6, 6.07) is 6.53. The fourth-order valence-corrected chi connectivity index (χ4v) is 7.20. The number of anilines is 2. The van der Waals surface area contributed by atoms with Crippen molar-refractivity contribution in [3.63, 3.8) is 0 Å². The number of rotatable bonds is 6. The molecule has 0 saturated carbocycles. The van der Waals surface area contributed by atoms with Crippen molar-refractivity contribution in [2.24, 2.45) is 0 Å². The quantitative estimate of drug-likeness (QED) is 0.283. The Kier molecular flexibility index (Phi) is 7.60. The van der Waals surface area contributed by atoms with Gasteiger partial charge in [-0.05, 0) is 50.2 Å². The van der Waals surface area contributed by atoms with Crippen LogP contribution in [0.3, 0.4) is 0 Å². The number of fused-ring (bicyclic) bond motifs is 1. The highest BCUT2D eigenvalue weighted by molar-refractivity contribution is 7.92. The minimum Gasteiger partial charge on any atom is -0.339 e. The first-order valence-corrected chi connectivity index (χ1v) is 15.8. The molecule has 1 atom stereocenters. The van der Waals surface area contributed by atoms with Gasteiger partial charge in [0.05, 0.1) is 49.9 Å². The van der Waals surface area contributed by atoms with Gasteiger partial charge in [-0.15, -0.1) is 5.10 Å². The van der Waals surface area contributed by atoms with Gasteiger partial charge in [0.1, 0.15) is 6.04 Å². The van der Waals surface area contributed by atoms with Gasteiger partial charge in [0, 0.05) is 13.1 Å². The fourth-order valence-electron chi connectivity index (χ4n) is 4.61. The zero-order valence-corrected chi connectivity index (χ0v) is 24.4. The summed E-state index contributed by atoms with van der Waals surface area (Å²) in [4.78, 5) is 9.32. The van der Waals surface area contributed by atoms with Crippen molar-refractivity contribution < 1.29 is 34.4 Å². The highest BCUT2D eigenvalue weighted by Gasteiger charge is 2.48. The van der Waals surface area contributed by atoms with E-state index in [4.69, 9.17) is 11.6 Å². The lowest BCUT2D eigenvalue weighted by Crippen LogP contribution is -2.60. The first-order chi connectivity index (χ1) is 19.6. The number of halogens is 5. The summed E-state index contributed by atoms with van der Waals surface area (Å²) in [5.41, 5.74) is -0.0680. The second kappa shape index (κ2) is 10.6. The highest BCUT2D eigenvalue weighted by atomic mass is 35.5. The predicted octanol–water partition coefficient (Wildman–Crippen LogP) is 4.30. The summed E-state index contributed by atoms with van der Waals surface area (Å²) in [5, 5.41) is 3.38. The fraction of sp³-hybridized carbons (Fsp3) is 0.320. The molecular formula is C25H23ClF4N6O4S2. The van der Waals surface area contributed by atoms with Gasteiger partial charge in [0.15, 0.2) is 21.5 Å². The lowest BCUT2D eigenvalue weighted by atomic mass is 10.1. The molecule has 0 unspecified atom stereocenters. The van der Waals surface area contributed by atoms with E-state index in [2.05, 4.69) is 15.1 Å². The number of hydrogen-bond acceptors (Lipinski definition) is 9. The van der Waals surface area contributed by atoms with E-state index >= 15 is 0 Å². The molecule has 0 bridgehead atoms. The van der Waals surface area contributed by atoms with Gasteiger partial charge in [0.25, 0.3) is 10.0 Å². The molecule has 2 aromatic heterocycles. The monoisotopic (exact) mass is 646 g/mol. The summed E-state index contributed by atoms with van der Waals surface area (Å²) in [5.74, 6) is -1.14. The van der Waals surface area contributed by atoms with Crippen molar-refractivity contribution >= 4 is 54.1 Å². The molecule has 1 saturated heterocycles. The Balaban J connectivity index is 1.59. The number of sulfone groups is 1. The second-order valence-electron chi connectivity index (χ2n) is 9.77. The number of alkyl halides is 3. The Morgan fingerprint density at radius 2 is 1.57 bits per heavy atom. The maximum Gasteiger partial charge on any atom is 0.410 e. The third-order valence-electron chi connectivity index (χ3n) is 6.83. The molecule has 0 amide bonds. The van der Waals surface area contributed by atoms with E-state index in [1.54, 1.807) is 0 Å². The Morgan fingerprint density at radius 1 is 0.952 bits per heavy atom. The van der Waals surface area contributed by atoms with Crippen molar-refractivity contribution in [2.75, 3.05) is 29.4 Å². The molecule has 1 aliphatic heterocycles. The molecule has 0 aliphatic carbocycles. The SMILES string of the molecule is CC(C)S(=O)(=O)c1ccc(S(=O)(=O)n2nc(N3CCN(c4ncc(F)cn4)C[C@@H]3C(F)(F)F)c3c(Cl)cccc32)cc1. The first-order valence-electron chi connectivity index (χ1n) is 12.4. The third-order valence-corrected chi connectivity index (χ3v) is 10.9. The number of benzene rings is 2. The van der Waals surface area contributed by atoms with Crippen LogP contribution in [-0.4, -0.2) is 73.1 Å². The lowest BCUT2D eigenvalue weighted by Gasteiger charge is -2.42. The van der Waals surface area contributed by atoms with Gasteiger partial charge >= 0.3 is 6.18 Å². The van der Waals surface area contributed by atoms with E-state index < -0.39 is 49.7 Å². The zero-order valence-electron chi connectivity index (χ0n) is 22.0. The van der Waals surface area contributed by atoms with Gasteiger partial charge in [-0.1, -0.05) is 17.7 Å². The van der Waals surface area contributed by atoms with Gasteiger partial charge < -0.3 is 9.80 Å². The molecule has 0 spiro atoms. The molecule has 3 heterocycles. The highest BCUT2D eigenvalue weighted by Crippen LogP contribution is 2.39. The van der Waals surface area contributed by atoms with Crippen LogP contribution in [0.1, 0.15) is 13.8 Å². The Labute approximate surface area is 243 Å². The van der Waals surface area contributed by atoms with Gasteiger partial charge in [0.2, 0.25) is 5.95 Å². The Bertz CT molecular complexity index is 1850. The van der Waals surface area contributed by atoms with E-state index in [-0.39, 0.29) is 50.6 Å². The second-order valence-corrected chi connectivity index (χ2v) is 14.4. The summed E-state index contributed by atoms with van der Waals surface area (Å²) < 4.78 is 110. The van der Waals surface area contributed by atoms with E-state index in [9.17, 15) is 34.4 Å². The van der Waals surface area contributed by atoms with Crippen molar-refractivity contribution in [2.45, 2.75) is 41.1 Å². The van der Waals surface area contributed by atoms with Crippen molar-refractivity contribution in [3.8, 4) is 0 Å². The molecule has 5 rings (SSSR count). The van der Waals surface area contributed by atoms with Gasteiger partial charge in [-0.25, -0.2) is 22.8 Å². The van der Waals surface area contributed by atoms with Crippen LogP contribution in [-0.2, 0) is 19.9 Å². The first kappa shape index (κ1) is 30.0. The van der Waals surface area contributed by atoms with E-state index in [1.807, 2.05) is 0 Å². The van der Waals surface area contributed by atoms with E-state index in [0.29, 0.717) is 4.09 Å². The van der Waals surface area contributed by atoms with Gasteiger partial charge in [-0.3, -0.25) is 0 Å². The summed E-state index contributed by atoms with van der Waals surface area (Å²) in [7, 11) is -8.20. The molecule has 224 valence electrons. The van der Waals surface area contributed by atoms with Crippen LogP contribution in [0.15, 0.2) is 64.6 Å². The molecule has 4 aromatic rings. The minimum absolute atomic E-state index is 0.0116. The average Bonchev–Trinajstić information content (AvgIpc) is 3.34. The summed E-state index contributed by atoms with van der Waals surface area (Å²) in [6.45, 7) is 2.04. The molecule has 42 heavy (non-hydrogen) atoms. The smallest absolute Gasteiger partial charge is 0.339 e. The predicted molar refractivity (Wildman–Crippen MR) is 147 cm³/mol. The maximum absolute atomic E-state index is 14.4. The maximum atomic E-state index is 14.4. The third kappa shape index (κ3) is 5.26. The molecule has 0 N–H and O–H groups in total. The number of aromatic nitrogens is 4. The van der Waals surface area contributed by atoms with Crippen molar-refractivity contribution in [3.05, 3.63) is 65.7 Å².